The first kappa shape index (κ1) is 104. The standard InChI is InChI=1S/C23H23ClN4O3S.C20H21Cl2N3O3S.C19H21ClN4O3S.C19H29N3O3S.C18H23N5O3S/c24-22-20-7-4-8-21(19(20)9-10-25-22)32(30,31)28-15-17(16-28)23(29)27-13-11-26(12-14-27)18-5-2-1-3-6-18;21-17-7-4-8-18(19(17)22)29(27,28)25-13-15(14-25)20(26)24-11-9-23(10-12-24)16-5-2-1-3-6-16;20-16-6-7-18(21-12-16)28(26,27)24-13-15(14-24)19(25)23-10-8-22(9-11-23)17-4-2-1-3-5-17;1-19(2,3)15-26(24,25)22-13-16(14-22)18(23)21-11-9-20(10-12-21)17-7-5-4-6-8-17;1-20-14-17(11-19-20)27(25,26)23-12-15(13-23)18(24)22-9-7-21(8-10-22)16-5-3-2-4-6-16/h1-10,17H,11-16H2;1-8,15H,9-14H2;1-7,12,15H,8-11,13-14H2;4-8,16H,9-15H2,1-3H3;2-6,11,14-15H,7-10,12-13H2,1H3. The number of carbonyl (C=O) groups is 5. The van der Waals surface area contributed by atoms with E-state index in [2.05, 4.69) is 100 Å². The fourth-order valence-electron chi connectivity index (χ4n) is 18.7. The fourth-order valence-corrected chi connectivity index (χ4v) is 28.1. The summed E-state index contributed by atoms with van der Waals surface area (Å²) in [6.07, 6.45) is 5.63. The minimum atomic E-state index is -3.76. The fraction of sp³-hybridized carbons (Fsp3) is 0.414. The molecular weight excluding hydrogens is 2000 g/mol. The van der Waals surface area contributed by atoms with Gasteiger partial charge in [0.1, 0.15) is 14.9 Å². The average molecular weight is 2120 g/mol. The van der Waals surface area contributed by atoms with E-state index in [1.54, 1.807) is 43.4 Å². The zero-order chi connectivity index (χ0) is 101. The molecular formula is C99H117Cl4N19O15S5. The van der Waals surface area contributed by atoms with Crippen molar-refractivity contribution in [1.29, 1.82) is 0 Å². The number of piperazine rings is 5. The van der Waals surface area contributed by atoms with Crippen molar-refractivity contribution < 1.29 is 66.1 Å². The smallest absolute Gasteiger partial charge is 0.260 e. The highest BCUT2D eigenvalue weighted by molar-refractivity contribution is 7.90. The van der Waals surface area contributed by atoms with E-state index >= 15 is 0 Å². The molecule has 34 nitrogen and oxygen atoms in total. The number of aromatic nitrogens is 4. The molecule has 20 rings (SSSR count). The number of hydrogen-bond donors (Lipinski definition) is 0. The number of benzene rings is 7. The summed E-state index contributed by atoms with van der Waals surface area (Å²) in [6.45, 7) is 22.5. The van der Waals surface area contributed by atoms with Gasteiger partial charge >= 0.3 is 0 Å². The molecule has 10 aromatic rings. The van der Waals surface area contributed by atoms with Crippen molar-refractivity contribution in [3.63, 3.8) is 0 Å². The number of rotatable bonds is 20. The van der Waals surface area contributed by atoms with Crippen LogP contribution in [0.25, 0.3) is 10.8 Å². The Labute approximate surface area is 851 Å². The molecule has 13 heterocycles. The minimum Gasteiger partial charge on any atom is -0.368 e. The third-order valence-electron chi connectivity index (χ3n) is 27.1. The molecule has 0 saturated carbocycles. The maximum atomic E-state index is 13.2. The lowest BCUT2D eigenvalue weighted by Gasteiger charge is -2.43. The predicted molar refractivity (Wildman–Crippen MR) is 549 cm³/mol. The van der Waals surface area contributed by atoms with Crippen molar-refractivity contribution in [3.05, 3.63) is 251 Å². The Morgan fingerprint density at radius 3 is 0.951 bits per heavy atom. The summed E-state index contributed by atoms with van der Waals surface area (Å²) in [5.41, 5.74) is 5.54. The van der Waals surface area contributed by atoms with Crippen LogP contribution in [0.5, 0.6) is 0 Å². The first-order chi connectivity index (χ1) is 67.9. The van der Waals surface area contributed by atoms with E-state index in [4.69, 9.17) is 46.4 Å². The van der Waals surface area contributed by atoms with Gasteiger partial charge in [-0.25, -0.2) is 56.4 Å². The van der Waals surface area contributed by atoms with Crippen LogP contribution in [0.2, 0.25) is 20.2 Å². The Balaban J connectivity index is 0.000000128. The van der Waals surface area contributed by atoms with Gasteiger partial charge in [-0.2, -0.15) is 22.3 Å². The van der Waals surface area contributed by atoms with Crippen LogP contribution in [-0.4, -0.2) is 339 Å². The number of aryl methyl sites for hydroxylation is 1. The molecule has 142 heavy (non-hydrogen) atoms. The Kier molecular flexibility index (Phi) is 33.0. The highest BCUT2D eigenvalue weighted by Gasteiger charge is 2.49. The maximum Gasteiger partial charge on any atom is 0.260 e. The summed E-state index contributed by atoms with van der Waals surface area (Å²) in [5.74, 6) is -0.979. The van der Waals surface area contributed by atoms with Crippen molar-refractivity contribution in [2.75, 3.05) is 227 Å². The third kappa shape index (κ3) is 24.3. The van der Waals surface area contributed by atoms with E-state index < -0.39 is 50.1 Å². The molecule has 43 heteroatoms. The summed E-state index contributed by atoms with van der Waals surface area (Å²) in [6, 6.07) is 64.8. The molecule has 0 aliphatic carbocycles. The van der Waals surface area contributed by atoms with Crippen LogP contribution in [0, 0.1) is 35.0 Å². The van der Waals surface area contributed by atoms with Crippen molar-refractivity contribution in [2.45, 2.75) is 40.5 Å². The van der Waals surface area contributed by atoms with Gasteiger partial charge in [0.2, 0.25) is 69.6 Å². The number of sulfonamides is 5. The zero-order valence-electron chi connectivity index (χ0n) is 79.4. The predicted octanol–water partition coefficient (Wildman–Crippen LogP) is 9.56. The SMILES string of the molecule is CC(C)(C)CS(=O)(=O)N1CC(C(=O)N2CCN(c3ccccc3)CC2)C1.Cn1cc(S(=O)(=O)N2CC(C(=O)N3CCN(c4ccccc4)CC3)C2)cn1.O=C(C1CN(S(=O)(=O)c2ccc(Cl)cn2)C1)N1CCN(c2ccccc2)CC1.O=C(C1CN(S(=O)(=O)c2cccc(Cl)c2Cl)C1)N1CCN(c2ccccc2)CC1.O=C(C1CN(S(=O)(=O)c2cccc3c(Cl)nccc23)C1)N1CCN(c2ccccc2)CC1. The van der Waals surface area contributed by atoms with Crippen molar-refractivity contribution in [3.8, 4) is 0 Å². The normalized spacial score (nSPS) is 18.9. The summed E-state index contributed by atoms with van der Waals surface area (Å²) in [7, 11) is -16.3. The van der Waals surface area contributed by atoms with E-state index in [9.17, 15) is 66.1 Å². The molecule has 0 radical (unpaired) electrons. The molecule has 10 aliphatic heterocycles. The van der Waals surface area contributed by atoms with E-state index in [1.807, 2.05) is 136 Å². The lowest BCUT2D eigenvalue weighted by molar-refractivity contribution is -0.140. The lowest BCUT2D eigenvalue weighted by atomic mass is 10.0. The summed E-state index contributed by atoms with van der Waals surface area (Å²) in [4.78, 5) is 92.7. The molecule has 0 N–H and O–H groups in total. The first-order valence-electron chi connectivity index (χ1n) is 47.4. The molecule has 10 saturated heterocycles. The Morgan fingerprint density at radius 1 is 0.324 bits per heavy atom. The van der Waals surface area contributed by atoms with E-state index in [-0.39, 0.29) is 158 Å². The van der Waals surface area contributed by atoms with E-state index in [0.29, 0.717) is 94.3 Å². The average Bonchev–Trinajstić information content (AvgIpc) is 0.983. The van der Waals surface area contributed by atoms with Crippen LogP contribution in [0.15, 0.2) is 251 Å². The highest BCUT2D eigenvalue weighted by Crippen LogP contribution is 2.39. The lowest BCUT2D eigenvalue weighted by Crippen LogP contribution is -2.59. The van der Waals surface area contributed by atoms with Crippen LogP contribution in [-0.2, 0) is 81.1 Å². The number of pyridine rings is 2. The zero-order valence-corrected chi connectivity index (χ0v) is 86.5. The van der Waals surface area contributed by atoms with Gasteiger partial charge in [0.05, 0.1) is 61.5 Å². The molecule has 3 aromatic heterocycles. The Hall–Kier alpha value is -10.6. The molecule has 7 aromatic carbocycles. The quantitative estimate of drug-likeness (QED) is 0.0640. The minimum absolute atomic E-state index is 0.0148. The van der Waals surface area contributed by atoms with Gasteiger partial charge in [-0.15, -0.1) is 0 Å². The van der Waals surface area contributed by atoms with Gasteiger partial charge < -0.3 is 49.0 Å². The van der Waals surface area contributed by atoms with Crippen LogP contribution in [0.3, 0.4) is 0 Å². The van der Waals surface area contributed by atoms with Gasteiger partial charge in [-0.05, 0) is 102 Å². The number of carbonyl (C=O) groups excluding carboxylic acids is 5. The van der Waals surface area contributed by atoms with Gasteiger partial charge in [0, 0.05) is 261 Å². The maximum absolute atomic E-state index is 13.2. The van der Waals surface area contributed by atoms with Crippen LogP contribution < -0.4 is 24.5 Å². The molecule has 0 spiro atoms. The molecule has 5 amide bonds. The second-order valence-electron chi connectivity index (χ2n) is 37.8. The van der Waals surface area contributed by atoms with Crippen molar-refractivity contribution in [2.24, 2.45) is 42.1 Å². The topological polar surface area (TPSA) is 348 Å². The van der Waals surface area contributed by atoms with E-state index in [1.165, 1.54) is 80.6 Å². The van der Waals surface area contributed by atoms with Crippen LogP contribution >= 0.6 is 46.4 Å². The van der Waals surface area contributed by atoms with Gasteiger partial charge in [-0.3, -0.25) is 28.7 Å². The summed E-state index contributed by atoms with van der Waals surface area (Å²) < 4.78 is 135. The molecule has 10 aliphatic rings. The molecule has 0 bridgehead atoms. The number of hydrogen-bond acceptors (Lipinski definition) is 23. The van der Waals surface area contributed by atoms with Crippen LogP contribution in [0.4, 0.5) is 28.4 Å². The second-order valence-corrected chi connectivity index (χ2v) is 49.0. The monoisotopic (exact) mass is 2110 g/mol. The molecule has 0 atom stereocenters. The number of halogens is 4. The van der Waals surface area contributed by atoms with Crippen molar-refractivity contribution >= 4 is 165 Å². The number of anilines is 5. The number of para-hydroxylation sites is 5. The summed E-state index contributed by atoms with van der Waals surface area (Å²) >= 11 is 23.9. The molecule has 0 unspecified atom stereocenters. The van der Waals surface area contributed by atoms with Gasteiger partial charge in [0.15, 0.2) is 5.03 Å². The Morgan fingerprint density at radius 2 is 0.634 bits per heavy atom. The van der Waals surface area contributed by atoms with Gasteiger partial charge in [0.25, 0.3) is 10.0 Å². The Bertz CT molecular complexity index is 6700. The van der Waals surface area contributed by atoms with Crippen LogP contribution in [0.1, 0.15) is 20.8 Å². The summed E-state index contributed by atoms with van der Waals surface area (Å²) in [5, 5.41) is 5.87. The first-order valence-corrected chi connectivity index (χ1v) is 56.3. The molecule has 756 valence electrons. The number of fused-ring (bicyclic) bond motifs is 1. The number of nitrogens with zero attached hydrogens (tertiary/aromatic N) is 19. The third-order valence-corrected chi connectivity index (χ3v) is 38.1. The van der Waals surface area contributed by atoms with E-state index in [0.717, 1.165) is 82.5 Å². The molecule has 10 fully saturated rings. The largest absolute Gasteiger partial charge is 0.368 e. The second kappa shape index (κ2) is 44.9. The highest BCUT2D eigenvalue weighted by atomic mass is 35.5. The van der Waals surface area contributed by atoms with Gasteiger partial charge in [-0.1, -0.05) is 176 Å². The number of amides is 5. The van der Waals surface area contributed by atoms with Crippen molar-refractivity contribution in [1.82, 2.24) is 65.8 Å².